The summed E-state index contributed by atoms with van der Waals surface area (Å²) in [5.74, 6) is -2.50. The number of nitrogens with zero attached hydrogens (tertiary/aromatic N) is 2. The Kier molecular flexibility index (Phi) is 7.70. The van der Waals surface area contributed by atoms with Gasteiger partial charge in [0, 0.05) is 53.1 Å². The third-order valence-corrected chi connectivity index (χ3v) is 8.71. The van der Waals surface area contributed by atoms with Crippen molar-refractivity contribution in [2.24, 2.45) is 5.92 Å². The number of benzene rings is 3. The van der Waals surface area contributed by atoms with Crippen LogP contribution in [0.3, 0.4) is 0 Å². The molecule has 3 N–H and O–H groups in total. The maximum atomic E-state index is 15.7. The third kappa shape index (κ3) is 5.16. The summed E-state index contributed by atoms with van der Waals surface area (Å²) in [7, 11) is 0. The predicted octanol–water partition coefficient (Wildman–Crippen LogP) is 7.23. The number of fused-ring (bicyclic) bond motifs is 2. The van der Waals surface area contributed by atoms with E-state index in [1.807, 2.05) is 23.8 Å². The van der Waals surface area contributed by atoms with Crippen molar-refractivity contribution in [1.82, 2.24) is 19.9 Å². The fourth-order valence-electron chi connectivity index (χ4n) is 5.66. The Morgan fingerprint density at radius 2 is 2.00 bits per heavy atom. The van der Waals surface area contributed by atoms with Crippen LogP contribution >= 0.6 is 11.8 Å². The number of carboxylic acid groups (broad SMARTS) is 1. The van der Waals surface area contributed by atoms with Crippen molar-refractivity contribution in [3.05, 3.63) is 94.8 Å². The average molecular weight is 607 g/mol. The minimum atomic E-state index is -0.998. The van der Waals surface area contributed by atoms with Crippen molar-refractivity contribution in [3.63, 3.8) is 0 Å². The van der Waals surface area contributed by atoms with Gasteiger partial charge >= 0.3 is 5.97 Å². The fourth-order valence-corrected chi connectivity index (χ4v) is 6.38. The molecule has 11 heteroatoms. The third-order valence-electron chi connectivity index (χ3n) is 7.89. The van der Waals surface area contributed by atoms with Crippen LogP contribution in [0.2, 0.25) is 0 Å². The van der Waals surface area contributed by atoms with Gasteiger partial charge in [-0.15, -0.1) is 11.8 Å². The smallest absolute Gasteiger partial charge is 0.306 e. The molecule has 3 aromatic carbocycles. The lowest BCUT2D eigenvalue weighted by molar-refractivity contribution is -0.141. The molecule has 0 radical (unpaired) electrons. The Bertz CT molecular complexity index is 1870. The van der Waals surface area contributed by atoms with E-state index in [9.17, 15) is 9.90 Å². The van der Waals surface area contributed by atoms with E-state index in [4.69, 9.17) is 9.72 Å². The number of H-pyrrole nitrogens is 1. The number of aromatic amines is 1. The second kappa shape index (κ2) is 11.5. The molecule has 6 rings (SSSR count). The van der Waals surface area contributed by atoms with Crippen LogP contribution in [-0.2, 0) is 17.8 Å². The number of carboxylic acids is 1. The molecule has 1 aliphatic rings. The molecule has 2 unspecified atom stereocenters. The molecule has 0 aliphatic carbocycles. The van der Waals surface area contributed by atoms with E-state index < -0.39 is 35.4 Å². The van der Waals surface area contributed by atoms with Crippen molar-refractivity contribution in [2.75, 3.05) is 12.8 Å². The summed E-state index contributed by atoms with van der Waals surface area (Å²) < 4.78 is 54.1. The van der Waals surface area contributed by atoms with Gasteiger partial charge in [-0.25, -0.2) is 18.2 Å². The molecule has 5 aromatic rings. The Hall–Kier alpha value is -4.22. The lowest BCUT2D eigenvalue weighted by Gasteiger charge is -2.27. The molecule has 2 aromatic heterocycles. The standard InChI is InChI=1S/C32H29F3N4O3S/c1-16(32(40)41)13-18-5-4-6-21(26(18)35)28-31-38-27(17(2)39(31)12-11-37-28)22-14-19(7-8-23(22)33)42-29-24(34)15-25-20(9-10-36-25)30(29)43-3/h4-10,14-16,28,36-37H,11-13H2,1-3H3,(H,40,41). The van der Waals surface area contributed by atoms with Gasteiger partial charge in [0.25, 0.3) is 0 Å². The van der Waals surface area contributed by atoms with Gasteiger partial charge in [0.15, 0.2) is 11.6 Å². The Morgan fingerprint density at radius 3 is 2.77 bits per heavy atom. The highest BCUT2D eigenvalue weighted by Gasteiger charge is 2.31. The largest absolute Gasteiger partial charge is 0.481 e. The molecular weight excluding hydrogens is 577 g/mol. The first-order valence-electron chi connectivity index (χ1n) is 13.8. The quantitative estimate of drug-likeness (QED) is 0.162. The SMILES string of the molecule is CSc1c(Oc2ccc(F)c(-c3nc4n(c3C)CCNC4c3cccc(CC(C)C(=O)O)c3F)c2)c(F)cc2[nH]ccc12. The van der Waals surface area contributed by atoms with Crippen LogP contribution in [0.1, 0.15) is 35.6 Å². The topological polar surface area (TPSA) is 92.2 Å². The van der Waals surface area contributed by atoms with Crippen LogP contribution in [0.4, 0.5) is 13.2 Å². The number of hydrogen-bond acceptors (Lipinski definition) is 5. The van der Waals surface area contributed by atoms with Crippen LogP contribution in [-0.4, -0.2) is 38.4 Å². The highest BCUT2D eigenvalue weighted by molar-refractivity contribution is 7.99. The maximum absolute atomic E-state index is 15.7. The van der Waals surface area contributed by atoms with Crippen LogP contribution < -0.4 is 10.1 Å². The lowest BCUT2D eigenvalue weighted by atomic mass is 9.95. The molecule has 1 aliphatic heterocycles. The number of hydrogen-bond donors (Lipinski definition) is 3. The molecule has 222 valence electrons. The van der Waals surface area contributed by atoms with E-state index >= 15 is 13.2 Å². The Balaban J connectivity index is 1.38. The van der Waals surface area contributed by atoms with E-state index in [0.29, 0.717) is 51.8 Å². The highest BCUT2D eigenvalue weighted by Crippen LogP contribution is 2.41. The van der Waals surface area contributed by atoms with Gasteiger partial charge in [0.1, 0.15) is 23.2 Å². The molecule has 0 saturated heterocycles. The van der Waals surface area contributed by atoms with Crippen LogP contribution in [0, 0.1) is 30.3 Å². The number of nitrogens with one attached hydrogen (secondary N) is 2. The number of aliphatic carboxylic acids is 1. The average Bonchev–Trinajstić information content (AvgIpc) is 3.59. The van der Waals surface area contributed by atoms with E-state index in [0.717, 1.165) is 5.39 Å². The van der Waals surface area contributed by atoms with Gasteiger partial charge in [-0.3, -0.25) is 4.79 Å². The van der Waals surface area contributed by atoms with Gasteiger partial charge < -0.3 is 24.7 Å². The van der Waals surface area contributed by atoms with Crippen LogP contribution in [0.25, 0.3) is 22.2 Å². The molecule has 0 fully saturated rings. The van der Waals surface area contributed by atoms with Crippen molar-refractivity contribution >= 4 is 28.6 Å². The monoisotopic (exact) mass is 606 g/mol. The summed E-state index contributed by atoms with van der Waals surface area (Å²) in [4.78, 5) is 19.8. The van der Waals surface area contributed by atoms with Gasteiger partial charge in [0.2, 0.25) is 0 Å². The van der Waals surface area contributed by atoms with Gasteiger partial charge in [-0.2, -0.15) is 0 Å². The number of ether oxygens (including phenoxy) is 1. The summed E-state index contributed by atoms with van der Waals surface area (Å²) >= 11 is 1.35. The zero-order valence-electron chi connectivity index (χ0n) is 23.7. The van der Waals surface area contributed by atoms with Crippen molar-refractivity contribution < 1.29 is 27.8 Å². The molecular formula is C32H29F3N4O3S. The zero-order chi connectivity index (χ0) is 30.4. The number of rotatable bonds is 8. The second-order valence-electron chi connectivity index (χ2n) is 10.6. The number of thioether (sulfide) groups is 1. The lowest BCUT2D eigenvalue weighted by Crippen LogP contribution is -2.35. The van der Waals surface area contributed by atoms with Crippen molar-refractivity contribution in [1.29, 1.82) is 0 Å². The Labute approximate surface area is 250 Å². The Morgan fingerprint density at radius 1 is 1.19 bits per heavy atom. The molecule has 0 saturated carbocycles. The number of carbonyl (C=O) groups is 1. The van der Waals surface area contributed by atoms with E-state index in [-0.39, 0.29) is 23.5 Å². The van der Waals surface area contributed by atoms with Crippen molar-refractivity contribution in [2.45, 2.75) is 37.8 Å². The maximum Gasteiger partial charge on any atom is 0.306 e. The second-order valence-corrected chi connectivity index (χ2v) is 11.4. The summed E-state index contributed by atoms with van der Waals surface area (Å²) in [5.41, 5.74) is 2.53. The van der Waals surface area contributed by atoms with E-state index in [1.54, 1.807) is 24.4 Å². The van der Waals surface area contributed by atoms with E-state index in [2.05, 4.69) is 10.3 Å². The van der Waals surface area contributed by atoms with Crippen molar-refractivity contribution in [3.8, 4) is 22.8 Å². The number of imidazole rings is 1. The first kappa shape index (κ1) is 28.9. The van der Waals surface area contributed by atoms with Gasteiger partial charge in [-0.1, -0.05) is 25.1 Å². The molecule has 3 heterocycles. The molecule has 0 bridgehead atoms. The first-order valence-corrected chi connectivity index (χ1v) is 15.0. The van der Waals surface area contributed by atoms with E-state index in [1.165, 1.54) is 43.0 Å². The minimum Gasteiger partial charge on any atom is -0.481 e. The number of aromatic nitrogens is 3. The van der Waals surface area contributed by atoms with Gasteiger partial charge in [0.05, 0.1) is 22.5 Å². The highest BCUT2D eigenvalue weighted by atomic mass is 32.2. The van der Waals surface area contributed by atoms with Crippen LogP contribution in [0.15, 0.2) is 59.6 Å². The molecule has 43 heavy (non-hydrogen) atoms. The molecule has 0 spiro atoms. The summed E-state index contributed by atoms with van der Waals surface area (Å²) in [6.07, 6.45) is 3.61. The first-order chi connectivity index (χ1) is 20.7. The summed E-state index contributed by atoms with van der Waals surface area (Å²) in [6, 6.07) is 11.7. The van der Waals surface area contributed by atoms with Gasteiger partial charge in [-0.05, 0) is 49.4 Å². The normalized spacial score (nSPS) is 15.4. The fraction of sp³-hybridized carbons (Fsp3) is 0.250. The molecule has 2 atom stereocenters. The predicted molar refractivity (Wildman–Crippen MR) is 159 cm³/mol. The molecule has 0 amide bonds. The minimum absolute atomic E-state index is 0.0499. The summed E-state index contributed by atoms with van der Waals surface area (Å²) in [6.45, 7) is 4.43. The number of halogens is 3. The zero-order valence-corrected chi connectivity index (χ0v) is 24.5. The molecule has 7 nitrogen and oxygen atoms in total. The van der Waals surface area contributed by atoms with Crippen LogP contribution in [0.5, 0.6) is 11.5 Å². The summed E-state index contributed by atoms with van der Waals surface area (Å²) in [5, 5.41) is 13.4.